The highest BCUT2D eigenvalue weighted by Crippen LogP contribution is 2.22. The largest absolute Gasteiger partial charge is 0.481 e. The van der Waals surface area contributed by atoms with Gasteiger partial charge in [-0.1, -0.05) is 191 Å². The molecule has 0 heterocycles. The van der Waals surface area contributed by atoms with E-state index < -0.39 is 48.0 Å². The summed E-state index contributed by atoms with van der Waals surface area (Å²) in [6.45, 7) is 3.69. The van der Waals surface area contributed by atoms with Crippen molar-refractivity contribution < 1.29 is 39.2 Å². The Morgan fingerprint density at radius 1 is 0.655 bits per heavy atom. The molecule has 0 saturated carbocycles. The molecule has 0 aromatic carbocycles. The van der Waals surface area contributed by atoms with E-state index in [9.17, 15) is 24.6 Å². The molecule has 336 valence electrons. The van der Waals surface area contributed by atoms with Gasteiger partial charge in [0.25, 0.3) is 0 Å². The van der Waals surface area contributed by atoms with E-state index in [1.165, 1.54) is 134 Å². The minimum atomic E-state index is -1.01. The fourth-order valence-corrected chi connectivity index (χ4v) is 7.59. The number of ether oxygens (including phenoxy) is 2. The van der Waals surface area contributed by atoms with Gasteiger partial charge in [-0.3, -0.25) is 14.4 Å². The zero-order valence-electron chi connectivity index (χ0n) is 36.7. The Labute approximate surface area is 358 Å². The van der Waals surface area contributed by atoms with Gasteiger partial charge in [0.15, 0.2) is 6.10 Å². The van der Waals surface area contributed by atoms with Crippen LogP contribution < -0.4 is 5.73 Å². The number of thioether (sulfide) groups is 1. The molecule has 0 aromatic heterocycles. The minimum absolute atomic E-state index is 0.0437. The summed E-state index contributed by atoms with van der Waals surface area (Å²) in [5.41, 5.74) is 6.11. The highest BCUT2D eigenvalue weighted by molar-refractivity contribution is 8.00. The Balaban J connectivity index is 4.31. The van der Waals surface area contributed by atoms with Crippen LogP contribution in [0.2, 0.25) is 0 Å². The van der Waals surface area contributed by atoms with Crippen molar-refractivity contribution in [3.8, 4) is 0 Å². The lowest BCUT2D eigenvalue weighted by molar-refractivity contribution is -0.161. The SMILES string of the molecule is CCCCC/C=C\C\C=C/C=C/C=C/[C@@H](SC[C@H](N)C(=O)OC[C@H](CO)OC(=O)CCCCCCCCCCCCCCCCCCCCC)[C@@H](O)CCCC(=O)O. The number of aliphatic hydroxyl groups excluding tert-OH is 2. The number of carbonyl (C=O) groups excluding carboxylic acids is 2. The maximum absolute atomic E-state index is 12.7. The van der Waals surface area contributed by atoms with Crippen molar-refractivity contribution in [1.29, 1.82) is 0 Å². The van der Waals surface area contributed by atoms with Crippen LogP contribution in [0.15, 0.2) is 48.6 Å². The van der Waals surface area contributed by atoms with Crippen LogP contribution in [0.5, 0.6) is 0 Å². The summed E-state index contributed by atoms with van der Waals surface area (Å²) in [6, 6.07) is -1.01. The number of esters is 2. The van der Waals surface area contributed by atoms with Crippen molar-refractivity contribution >= 4 is 29.7 Å². The van der Waals surface area contributed by atoms with E-state index in [0.29, 0.717) is 6.42 Å². The van der Waals surface area contributed by atoms with Crippen LogP contribution >= 0.6 is 11.8 Å². The molecule has 0 saturated heterocycles. The molecular formula is C48H85NO8S. The summed E-state index contributed by atoms with van der Waals surface area (Å²) in [6.07, 6.45) is 44.8. The molecule has 0 aliphatic rings. The molecule has 0 spiro atoms. The molecule has 0 aliphatic heterocycles. The highest BCUT2D eigenvalue weighted by atomic mass is 32.2. The second-order valence-corrected chi connectivity index (χ2v) is 16.9. The van der Waals surface area contributed by atoms with Gasteiger partial charge in [-0.2, -0.15) is 0 Å². The lowest BCUT2D eigenvalue weighted by Gasteiger charge is -2.21. The van der Waals surface area contributed by atoms with Crippen LogP contribution in [0.3, 0.4) is 0 Å². The first kappa shape index (κ1) is 55.6. The third-order valence-electron chi connectivity index (χ3n) is 10.1. The normalized spacial score (nSPS) is 14.2. The standard InChI is InChI=1S/C48H85NO8S/c1-3-5-7-9-11-13-15-17-18-19-20-21-22-23-25-27-29-31-33-38-47(54)57-42(39-50)40-56-48(55)43(49)41-58-45(44(51)35-34-37-46(52)53)36-32-30-28-26-24-16-14-12-10-8-6-4-2/h12,14,24,26,28,30,32,36,42-45,50-51H,3-11,13,15-23,25,27,29,31,33-35,37-41,49H2,1-2H3,(H,52,53)/b14-12-,26-24-,30-28+,36-32+/t42-,43-,44-,45+/m0/s1. The van der Waals surface area contributed by atoms with Crippen molar-refractivity contribution in [3.63, 3.8) is 0 Å². The average Bonchev–Trinajstić information content (AvgIpc) is 3.21. The number of nitrogens with two attached hydrogens (primary N) is 1. The van der Waals surface area contributed by atoms with Gasteiger partial charge in [-0.05, 0) is 38.5 Å². The first-order valence-corrected chi connectivity index (χ1v) is 24.2. The van der Waals surface area contributed by atoms with Gasteiger partial charge in [0, 0.05) is 23.8 Å². The number of carboxylic acid groups (broad SMARTS) is 1. The van der Waals surface area contributed by atoms with Gasteiger partial charge in [0.1, 0.15) is 12.6 Å². The van der Waals surface area contributed by atoms with Crippen molar-refractivity contribution in [2.45, 2.75) is 217 Å². The van der Waals surface area contributed by atoms with Crippen LogP contribution in [-0.4, -0.2) is 75.7 Å². The van der Waals surface area contributed by atoms with Crippen LogP contribution in [0.4, 0.5) is 0 Å². The molecule has 0 unspecified atom stereocenters. The molecule has 0 aliphatic carbocycles. The highest BCUT2D eigenvalue weighted by Gasteiger charge is 2.23. The molecule has 5 N–H and O–H groups in total. The molecule has 0 rings (SSSR count). The molecule has 0 amide bonds. The summed E-state index contributed by atoms with van der Waals surface area (Å²) in [5, 5.41) is 29.1. The fraction of sp³-hybridized carbons (Fsp3) is 0.771. The topological polar surface area (TPSA) is 156 Å². The molecule has 10 heteroatoms. The predicted molar refractivity (Wildman–Crippen MR) is 243 cm³/mol. The lowest BCUT2D eigenvalue weighted by Crippen LogP contribution is -2.38. The van der Waals surface area contributed by atoms with Gasteiger partial charge in [-0.15, -0.1) is 11.8 Å². The average molecular weight is 836 g/mol. The summed E-state index contributed by atoms with van der Waals surface area (Å²) in [4.78, 5) is 36.0. The maximum atomic E-state index is 12.7. The van der Waals surface area contributed by atoms with Crippen LogP contribution in [0.1, 0.15) is 194 Å². The molecular weight excluding hydrogens is 751 g/mol. The Hall–Kier alpha value is -2.40. The predicted octanol–water partition coefficient (Wildman–Crippen LogP) is 11.5. The summed E-state index contributed by atoms with van der Waals surface area (Å²) >= 11 is 1.28. The van der Waals surface area contributed by atoms with Gasteiger partial charge < -0.3 is 30.5 Å². The fourth-order valence-electron chi connectivity index (χ4n) is 6.47. The summed E-state index contributed by atoms with van der Waals surface area (Å²) in [5.74, 6) is -1.91. The smallest absolute Gasteiger partial charge is 0.323 e. The molecule has 9 nitrogen and oxygen atoms in total. The number of hydrogen-bond acceptors (Lipinski definition) is 9. The zero-order valence-corrected chi connectivity index (χ0v) is 37.5. The maximum Gasteiger partial charge on any atom is 0.323 e. The van der Waals surface area contributed by atoms with Gasteiger partial charge in [0.2, 0.25) is 0 Å². The molecule has 0 bridgehead atoms. The van der Waals surface area contributed by atoms with E-state index in [1.807, 2.05) is 30.4 Å². The quantitative estimate of drug-likeness (QED) is 0.0202. The molecule has 0 aromatic rings. The van der Waals surface area contributed by atoms with Gasteiger partial charge in [-0.25, -0.2) is 0 Å². The van der Waals surface area contributed by atoms with E-state index >= 15 is 0 Å². The van der Waals surface area contributed by atoms with Crippen molar-refractivity contribution in [2.24, 2.45) is 5.73 Å². The Bertz CT molecular complexity index is 1090. The number of carboxylic acids is 1. The molecule has 0 fully saturated rings. The van der Waals surface area contributed by atoms with E-state index in [2.05, 4.69) is 32.1 Å². The number of allylic oxidation sites excluding steroid dienone is 7. The first-order valence-electron chi connectivity index (χ1n) is 23.1. The summed E-state index contributed by atoms with van der Waals surface area (Å²) < 4.78 is 10.6. The second kappa shape index (κ2) is 42.7. The van der Waals surface area contributed by atoms with E-state index in [4.69, 9.17) is 20.3 Å². The Kier molecular flexibility index (Phi) is 40.9. The van der Waals surface area contributed by atoms with Crippen molar-refractivity contribution in [2.75, 3.05) is 19.0 Å². The van der Waals surface area contributed by atoms with Crippen LogP contribution in [-0.2, 0) is 23.9 Å². The second-order valence-electron chi connectivity index (χ2n) is 15.7. The van der Waals surface area contributed by atoms with E-state index in [-0.39, 0.29) is 31.6 Å². The molecule has 0 radical (unpaired) electrons. The third-order valence-corrected chi connectivity index (χ3v) is 11.5. The van der Waals surface area contributed by atoms with E-state index in [0.717, 1.165) is 32.1 Å². The summed E-state index contributed by atoms with van der Waals surface area (Å²) in [7, 11) is 0. The van der Waals surface area contributed by atoms with Crippen molar-refractivity contribution in [1.82, 2.24) is 0 Å². The number of rotatable bonds is 42. The molecule has 58 heavy (non-hydrogen) atoms. The first-order chi connectivity index (χ1) is 28.2. The lowest BCUT2D eigenvalue weighted by atomic mass is 10.0. The Morgan fingerprint density at radius 3 is 1.74 bits per heavy atom. The molecule has 4 atom stereocenters. The monoisotopic (exact) mass is 836 g/mol. The Morgan fingerprint density at radius 2 is 1.19 bits per heavy atom. The third kappa shape index (κ3) is 37.8. The number of aliphatic hydroxyl groups is 2. The van der Waals surface area contributed by atoms with Gasteiger partial charge in [0.05, 0.1) is 12.7 Å². The number of hydrogen-bond donors (Lipinski definition) is 4. The zero-order chi connectivity index (χ0) is 42.7. The van der Waals surface area contributed by atoms with E-state index in [1.54, 1.807) is 0 Å². The van der Waals surface area contributed by atoms with Crippen molar-refractivity contribution in [3.05, 3.63) is 48.6 Å². The minimum Gasteiger partial charge on any atom is -0.481 e. The van der Waals surface area contributed by atoms with Crippen LogP contribution in [0.25, 0.3) is 0 Å². The number of carbonyl (C=O) groups is 3. The van der Waals surface area contributed by atoms with Gasteiger partial charge >= 0.3 is 17.9 Å². The van der Waals surface area contributed by atoms with Crippen LogP contribution in [0, 0.1) is 0 Å². The number of aliphatic carboxylic acids is 1. The number of unbranched alkanes of at least 4 members (excludes halogenated alkanes) is 21.